The maximum absolute atomic E-state index is 12.8. The number of hydrogen-bond acceptors (Lipinski definition) is 4. The van der Waals surface area contributed by atoms with Crippen LogP contribution in [-0.2, 0) is 20.9 Å². The first kappa shape index (κ1) is 20.2. The number of benzene rings is 1. The van der Waals surface area contributed by atoms with Crippen LogP contribution in [0.2, 0.25) is 0 Å². The molecule has 7 heteroatoms. The molecule has 1 aromatic rings. The van der Waals surface area contributed by atoms with E-state index >= 15 is 0 Å². The largest absolute Gasteiger partial charge is 0.497 e. The van der Waals surface area contributed by atoms with Crippen molar-refractivity contribution in [3.63, 3.8) is 0 Å². The van der Waals surface area contributed by atoms with E-state index in [1.54, 1.807) is 12.0 Å². The molecule has 1 atom stereocenters. The van der Waals surface area contributed by atoms with E-state index in [4.69, 9.17) is 4.74 Å². The summed E-state index contributed by atoms with van der Waals surface area (Å²) < 4.78 is 5.13. The molecule has 0 spiro atoms. The summed E-state index contributed by atoms with van der Waals surface area (Å²) in [6.07, 6.45) is 2.55. The van der Waals surface area contributed by atoms with Crippen LogP contribution in [0.5, 0.6) is 5.75 Å². The van der Waals surface area contributed by atoms with Crippen molar-refractivity contribution in [2.24, 2.45) is 11.8 Å². The normalized spacial score (nSPS) is 27.5. The molecule has 152 valence electrons. The topological polar surface area (TPSA) is 95.9 Å². The molecule has 2 aliphatic rings. The van der Waals surface area contributed by atoms with Crippen molar-refractivity contribution < 1.29 is 24.2 Å². The van der Waals surface area contributed by atoms with Gasteiger partial charge in [0.1, 0.15) is 11.3 Å². The minimum absolute atomic E-state index is 0.0855. The number of carbonyl (C=O) groups is 3. The molecule has 7 nitrogen and oxygen atoms in total. The molecule has 1 aromatic carbocycles. The van der Waals surface area contributed by atoms with Crippen LogP contribution in [0.15, 0.2) is 24.3 Å². The molecule has 1 aliphatic heterocycles. The molecule has 1 heterocycles. The first-order chi connectivity index (χ1) is 13.3. The molecule has 1 saturated heterocycles. The van der Waals surface area contributed by atoms with E-state index in [1.165, 1.54) is 0 Å². The number of nitrogens with one attached hydrogen (secondary N) is 1. The lowest BCUT2D eigenvalue weighted by Gasteiger charge is -2.37. The van der Waals surface area contributed by atoms with Crippen LogP contribution in [0.4, 0.5) is 0 Å². The Morgan fingerprint density at radius 3 is 2.46 bits per heavy atom. The summed E-state index contributed by atoms with van der Waals surface area (Å²) in [5, 5.41) is 12.5. The number of amides is 2. The Balaban J connectivity index is 1.61. The number of carbonyl (C=O) groups excluding carboxylic acids is 2. The van der Waals surface area contributed by atoms with Gasteiger partial charge in [-0.15, -0.1) is 0 Å². The van der Waals surface area contributed by atoms with Crippen LogP contribution in [0.25, 0.3) is 0 Å². The predicted molar refractivity (Wildman–Crippen MR) is 103 cm³/mol. The monoisotopic (exact) mass is 388 g/mol. The lowest BCUT2D eigenvalue weighted by Crippen LogP contribution is -2.57. The van der Waals surface area contributed by atoms with Gasteiger partial charge in [0.25, 0.3) is 0 Å². The molecule has 3 rings (SSSR count). The first-order valence-corrected chi connectivity index (χ1v) is 9.79. The zero-order valence-corrected chi connectivity index (χ0v) is 16.4. The van der Waals surface area contributed by atoms with E-state index < -0.39 is 17.4 Å². The average molecular weight is 388 g/mol. The van der Waals surface area contributed by atoms with E-state index in [2.05, 4.69) is 12.2 Å². The van der Waals surface area contributed by atoms with Gasteiger partial charge >= 0.3 is 5.97 Å². The molecule has 1 aliphatic carbocycles. The number of rotatable bonds is 6. The van der Waals surface area contributed by atoms with E-state index in [9.17, 15) is 19.5 Å². The van der Waals surface area contributed by atoms with Gasteiger partial charge in [0, 0.05) is 19.5 Å². The maximum Gasteiger partial charge on any atom is 0.329 e. The van der Waals surface area contributed by atoms with Crippen molar-refractivity contribution in [2.45, 2.75) is 51.1 Å². The third-order valence-electron chi connectivity index (χ3n) is 6.02. The third kappa shape index (κ3) is 4.29. The van der Waals surface area contributed by atoms with Crippen molar-refractivity contribution in [2.75, 3.05) is 13.7 Å². The lowest BCUT2D eigenvalue weighted by atomic mass is 9.77. The van der Waals surface area contributed by atoms with Crippen LogP contribution in [-0.4, -0.2) is 47.0 Å². The highest BCUT2D eigenvalue weighted by Gasteiger charge is 2.45. The zero-order chi connectivity index (χ0) is 20.3. The molecule has 2 amide bonds. The highest BCUT2D eigenvalue weighted by atomic mass is 16.5. The summed E-state index contributed by atoms with van der Waals surface area (Å²) in [4.78, 5) is 38.6. The second-order valence-electron chi connectivity index (χ2n) is 8.08. The molecular formula is C21H28N2O5. The SMILES string of the molecule is COc1ccc(CN2CC(C(=O)NC3(C(=O)O)CCC(C)CC3)CC2=O)cc1. The number of aliphatic carboxylic acids is 1. The Labute approximate surface area is 165 Å². The number of likely N-dealkylation sites (tertiary alicyclic amines) is 1. The van der Waals surface area contributed by atoms with Crippen LogP contribution >= 0.6 is 0 Å². The Hall–Kier alpha value is -2.57. The predicted octanol–water partition coefficient (Wildman–Crippen LogP) is 2.19. The van der Waals surface area contributed by atoms with Crippen LogP contribution in [0, 0.1) is 11.8 Å². The van der Waals surface area contributed by atoms with E-state index in [-0.39, 0.29) is 18.2 Å². The fraction of sp³-hybridized carbons (Fsp3) is 0.571. The first-order valence-electron chi connectivity index (χ1n) is 9.79. The molecule has 0 bridgehead atoms. The molecule has 1 saturated carbocycles. The second kappa shape index (κ2) is 8.20. The van der Waals surface area contributed by atoms with Crippen LogP contribution in [0.1, 0.15) is 44.6 Å². The van der Waals surface area contributed by atoms with Gasteiger partial charge in [-0.25, -0.2) is 4.79 Å². The molecule has 1 unspecified atom stereocenters. The molecular weight excluding hydrogens is 360 g/mol. The molecule has 0 radical (unpaired) electrons. The van der Waals surface area contributed by atoms with Gasteiger partial charge in [0.2, 0.25) is 11.8 Å². The van der Waals surface area contributed by atoms with Gasteiger partial charge < -0.3 is 20.1 Å². The molecule has 0 aromatic heterocycles. The molecule has 2 N–H and O–H groups in total. The zero-order valence-electron chi connectivity index (χ0n) is 16.4. The summed E-state index contributed by atoms with van der Waals surface area (Å²) in [7, 11) is 1.60. The van der Waals surface area contributed by atoms with Crippen molar-refractivity contribution in [1.29, 1.82) is 0 Å². The molecule has 2 fully saturated rings. The molecule has 28 heavy (non-hydrogen) atoms. The van der Waals surface area contributed by atoms with Crippen molar-refractivity contribution in [3.8, 4) is 5.75 Å². The number of methoxy groups -OCH3 is 1. The van der Waals surface area contributed by atoms with Crippen molar-refractivity contribution in [3.05, 3.63) is 29.8 Å². The number of nitrogens with zero attached hydrogens (tertiary/aromatic N) is 1. The van der Waals surface area contributed by atoms with Crippen LogP contribution < -0.4 is 10.1 Å². The summed E-state index contributed by atoms with van der Waals surface area (Å²) in [6, 6.07) is 7.45. The van der Waals surface area contributed by atoms with Crippen molar-refractivity contribution in [1.82, 2.24) is 10.2 Å². The van der Waals surface area contributed by atoms with Gasteiger partial charge in [0.05, 0.1) is 13.0 Å². The van der Waals surface area contributed by atoms with E-state index in [0.717, 1.165) is 24.2 Å². The number of carboxylic acids is 1. The smallest absolute Gasteiger partial charge is 0.329 e. The fourth-order valence-electron chi connectivity index (χ4n) is 4.04. The Morgan fingerprint density at radius 2 is 1.89 bits per heavy atom. The summed E-state index contributed by atoms with van der Waals surface area (Å²) in [5.41, 5.74) is -0.241. The van der Waals surface area contributed by atoms with Gasteiger partial charge in [0.15, 0.2) is 0 Å². The second-order valence-corrected chi connectivity index (χ2v) is 8.08. The van der Waals surface area contributed by atoms with E-state index in [1.807, 2.05) is 24.3 Å². The third-order valence-corrected chi connectivity index (χ3v) is 6.02. The average Bonchev–Trinajstić information content (AvgIpc) is 3.05. The van der Waals surface area contributed by atoms with E-state index in [0.29, 0.717) is 31.8 Å². The number of hydrogen-bond donors (Lipinski definition) is 2. The summed E-state index contributed by atoms with van der Waals surface area (Å²) in [6.45, 7) is 2.83. The highest BCUT2D eigenvalue weighted by Crippen LogP contribution is 2.33. The number of carboxylic acid groups (broad SMARTS) is 1. The Bertz CT molecular complexity index is 738. The highest BCUT2D eigenvalue weighted by molar-refractivity contribution is 5.92. The minimum Gasteiger partial charge on any atom is -0.497 e. The van der Waals surface area contributed by atoms with Gasteiger partial charge in [-0.05, 0) is 49.3 Å². The van der Waals surface area contributed by atoms with Gasteiger partial charge in [-0.3, -0.25) is 9.59 Å². The maximum atomic E-state index is 12.8. The standard InChI is InChI=1S/C21H28N2O5/c1-14-7-9-21(10-8-14,20(26)27)22-19(25)16-11-18(24)23(13-16)12-15-3-5-17(28-2)6-4-15/h3-6,14,16H,7-13H2,1-2H3,(H,22,25)(H,26,27). The number of ether oxygens (including phenoxy) is 1. The quantitative estimate of drug-likeness (QED) is 0.779. The van der Waals surface area contributed by atoms with Gasteiger partial charge in [-0.2, -0.15) is 0 Å². The summed E-state index contributed by atoms with van der Waals surface area (Å²) >= 11 is 0. The fourth-order valence-corrected chi connectivity index (χ4v) is 4.04. The summed E-state index contributed by atoms with van der Waals surface area (Å²) in [5.74, 6) is -0.694. The lowest BCUT2D eigenvalue weighted by molar-refractivity contribution is -0.150. The van der Waals surface area contributed by atoms with Crippen LogP contribution in [0.3, 0.4) is 0 Å². The van der Waals surface area contributed by atoms with Crippen molar-refractivity contribution >= 4 is 17.8 Å². The van der Waals surface area contributed by atoms with Gasteiger partial charge in [-0.1, -0.05) is 19.1 Å². The Morgan fingerprint density at radius 1 is 1.25 bits per heavy atom. The minimum atomic E-state index is -1.20. The Kier molecular flexibility index (Phi) is 5.91.